The van der Waals surface area contributed by atoms with Gasteiger partial charge in [-0.1, -0.05) is 42.5 Å². The Bertz CT molecular complexity index is 712. The van der Waals surface area contributed by atoms with E-state index in [4.69, 9.17) is 4.42 Å². The van der Waals surface area contributed by atoms with Crippen LogP contribution in [0, 0.1) is 5.92 Å². The largest absolute Gasteiger partial charge is 0.468 e. The van der Waals surface area contributed by atoms with Gasteiger partial charge in [-0.2, -0.15) is 0 Å². The highest BCUT2D eigenvalue weighted by molar-refractivity contribution is 5.74. The molecule has 1 aliphatic rings. The van der Waals surface area contributed by atoms with Crippen LogP contribution < -0.4 is 5.32 Å². The monoisotopic (exact) mass is 367 g/mol. The van der Waals surface area contributed by atoms with Gasteiger partial charge in [-0.05, 0) is 43.0 Å². The fourth-order valence-electron chi connectivity index (χ4n) is 3.45. The summed E-state index contributed by atoms with van der Waals surface area (Å²) in [4.78, 5) is 16.4. The van der Waals surface area contributed by atoms with Gasteiger partial charge in [0.05, 0.1) is 12.8 Å². The van der Waals surface area contributed by atoms with Gasteiger partial charge < -0.3 is 14.6 Å². The van der Waals surface area contributed by atoms with E-state index < -0.39 is 0 Å². The summed E-state index contributed by atoms with van der Waals surface area (Å²) in [7, 11) is 1.83. The number of benzene rings is 1. The van der Waals surface area contributed by atoms with E-state index in [1.807, 2.05) is 61.7 Å². The van der Waals surface area contributed by atoms with Crippen molar-refractivity contribution in [2.75, 3.05) is 33.2 Å². The van der Waals surface area contributed by atoms with Crippen LogP contribution >= 0.6 is 0 Å². The maximum absolute atomic E-state index is 12.3. The smallest absolute Gasteiger partial charge is 0.317 e. The number of urea groups is 1. The number of carbonyl (C=O) groups is 1. The average Bonchev–Trinajstić information content (AvgIpc) is 3.20. The molecule has 1 aromatic heterocycles. The van der Waals surface area contributed by atoms with Crippen molar-refractivity contribution in [3.63, 3.8) is 0 Å². The number of likely N-dealkylation sites (N-methyl/N-ethyl adjacent to an activating group) is 1. The van der Waals surface area contributed by atoms with Crippen molar-refractivity contribution in [2.45, 2.75) is 19.4 Å². The van der Waals surface area contributed by atoms with Crippen LogP contribution in [0.3, 0.4) is 0 Å². The highest BCUT2D eigenvalue weighted by Gasteiger charge is 2.21. The van der Waals surface area contributed by atoms with Crippen LogP contribution in [-0.2, 0) is 6.54 Å². The van der Waals surface area contributed by atoms with Crippen LogP contribution in [0.1, 0.15) is 24.2 Å². The molecule has 2 aromatic rings. The third-order valence-corrected chi connectivity index (χ3v) is 4.94. The molecule has 2 amide bonds. The molecule has 1 atom stereocenters. The molecule has 0 saturated carbocycles. The standard InChI is InChI=1S/C22H29N3O2/c1-24(13-5-10-19-8-3-2-4-9-19)22(26)23-16-20-11-6-14-25(17-20)18-21-12-7-15-27-21/h2-5,7-10,12,15,20H,6,11,13-14,16-18H2,1H3,(H,23,26)/b10-5+. The first-order valence-corrected chi connectivity index (χ1v) is 9.66. The summed E-state index contributed by atoms with van der Waals surface area (Å²) in [6.45, 7) is 4.26. The maximum Gasteiger partial charge on any atom is 0.317 e. The van der Waals surface area contributed by atoms with Gasteiger partial charge in [0.15, 0.2) is 0 Å². The predicted octanol–water partition coefficient (Wildman–Crippen LogP) is 3.85. The highest BCUT2D eigenvalue weighted by atomic mass is 16.3. The van der Waals surface area contributed by atoms with Crippen LogP contribution in [0.4, 0.5) is 4.79 Å². The molecule has 1 N–H and O–H groups in total. The molecule has 1 unspecified atom stereocenters. The minimum absolute atomic E-state index is 0.0177. The molecule has 3 rings (SSSR count). The van der Waals surface area contributed by atoms with Crippen LogP contribution in [0.2, 0.25) is 0 Å². The minimum Gasteiger partial charge on any atom is -0.468 e. The first-order chi connectivity index (χ1) is 13.2. The van der Waals surface area contributed by atoms with Crippen molar-refractivity contribution >= 4 is 12.1 Å². The van der Waals surface area contributed by atoms with Gasteiger partial charge in [0.1, 0.15) is 5.76 Å². The van der Waals surface area contributed by atoms with E-state index in [9.17, 15) is 4.79 Å². The Labute approximate surface area is 161 Å². The molecule has 0 spiro atoms. The second kappa shape index (κ2) is 9.97. The van der Waals surface area contributed by atoms with Crippen LogP contribution in [0.5, 0.6) is 0 Å². The third-order valence-electron chi connectivity index (χ3n) is 4.94. The summed E-state index contributed by atoms with van der Waals surface area (Å²) >= 11 is 0. The number of hydrogen-bond donors (Lipinski definition) is 1. The average molecular weight is 367 g/mol. The summed E-state index contributed by atoms with van der Waals surface area (Å²) in [5, 5.41) is 3.08. The van der Waals surface area contributed by atoms with E-state index in [1.165, 1.54) is 0 Å². The highest BCUT2D eigenvalue weighted by Crippen LogP contribution is 2.18. The molecule has 2 heterocycles. The van der Waals surface area contributed by atoms with Gasteiger partial charge in [-0.3, -0.25) is 4.90 Å². The molecule has 1 fully saturated rings. The molecule has 144 valence electrons. The quantitative estimate of drug-likeness (QED) is 0.809. The van der Waals surface area contributed by atoms with Gasteiger partial charge in [-0.15, -0.1) is 0 Å². The minimum atomic E-state index is -0.0177. The number of nitrogens with zero attached hydrogens (tertiary/aromatic N) is 2. The molecule has 5 heteroatoms. The number of nitrogens with one attached hydrogen (secondary N) is 1. The number of likely N-dealkylation sites (tertiary alicyclic amines) is 1. The Kier molecular flexibility index (Phi) is 7.11. The van der Waals surface area contributed by atoms with Crippen LogP contribution in [-0.4, -0.2) is 49.1 Å². The Morgan fingerprint density at radius 1 is 1.30 bits per heavy atom. The van der Waals surface area contributed by atoms with E-state index in [1.54, 1.807) is 11.2 Å². The second-order valence-electron chi connectivity index (χ2n) is 7.20. The van der Waals surface area contributed by atoms with E-state index in [0.29, 0.717) is 12.5 Å². The normalized spacial score (nSPS) is 17.9. The maximum atomic E-state index is 12.3. The third kappa shape index (κ3) is 6.29. The fourth-order valence-corrected chi connectivity index (χ4v) is 3.45. The SMILES string of the molecule is CN(C/C=C/c1ccccc1)C(=O)NCC1CCCN(Cc2ccco2)C1. The molecule has 0 radical (unpaired) electrons. The molecule has 27 heavy (non-hydrogen) atoms. The lowest BCUT2D eigenvalue weighted by Gasteiger charge is -2.32. The lowest BCUT2D eigenvalue weighted by molar-refractivity contribution is 0.153. The summed E-state index contributed by atoms with van der Waals surface area (Å²) < 4.78 is 5.45. The zero-order valence-electron chi connectivity index (χ0n) is 16.0. The summed E-state index contributed by atoms with van der Waals surface area (Å²) in [5.74, 6) is 1.50. The van der Waals surface area contributed by atoms with Gasteiger partial charge in [0, 0.05) is 26.7 Å². The Morgan fingerprint density at radius 2 is 2.15 bits per heavy atom. The number of rotatable bonds is 7. The van der Waals surface area contributed by atoms with E-state index >= 15 is 0 Å². The number of amides is 2. The van der Waals surface area contributed by atoms with Crippen molar-refractivity contribution in [1.29, 1.82) is 0 Å². The van der Waals surface area contributed by atoms with Crippen LogP contribution in [0.25, 0.3) is 6.08 Å². The number of piperidine rings is 1. The first kappa shape index (κ1) is 19.2. The van der Waals surface area contributed by atoms with Gasteiger partial charge in [0.25, 0.3) is 0 Å². The zero-order chi connectivity index (χ0) is 18.9. The van der Waals surface area contributed by atoms with E-state index in [-0.39, 0.29) is 6.03 Å². The van der Waals surface area contributed by atoms with Gasteiger partial charge in [-0.25, -0.2) is 4.79 Å². The Balaban J connectivity index is 1.38. The molecule has 0 bridgehead atoms. The topological polar surface area (TPSA) is 48.7 Å². The van der Waals surface area contributed by atoms with Crippen molar-refractivity contribution in [2.24, 2.45) is 5.92 Å². The molecule has 1 saturated heterocycles. The van der Waals surface area contributed by atoms with Gasteiger partial charge in [0.2, 0.25) is 0 Å². The zero-order valence-corrected chi connectivity index (χ0v) is 16.0. The fraction of sp³-hybridized carbons (Fsp3) is 0.409. The predicted molar refractivity (Wildman–Crippen MR) is 108 cm³/mol. The summed E-state index contributed by atoms with van der Waals surface area (Å²) in [6, 6.07) is 14.0. The Morgan fingerprint density at radius 3 is 2.93 bits per heavy atom. The first-order valence-electron chi connectivity index (χ1n) is 9.66. The van der Waals surface area contributed by atoms with Crippen molar-refractivity contribution < 1.29 is 9.21 Å². The summed E-state index contributed by atoms with van der Waals surface area (Å²) in [6.07, 6.45) is 8.10. The second-order valence-corrected chi connectivity index (χ2v) is 7.20. The molecule has 5 nitrogen and oxygen atoms in total. The molecular formula is C22H29N3O2. The summed E-state index contributed by atoms with van der Waals surface area (Å²) in [5.41, 5.74) is 1.14. The number of hydrogen-bond acceptors (Lipinski definition) is 3. The van der Waals surface area contributed by atoms with Crippen LogP contribution in [0.15, 0.2) is 59.2 Å². The molecular weight excluding hydrogens is 338 g/mol. The Hall–Kier alpha value is -2.53. The molecule has 1 aliphatic heterocycles. The lowest BCUT2D eigenvalue weighted by atomic mass is 9.98. The molecule has 1 aromatic carbocycles. The van der Waals surface area contributed by atoms with Gasteiger partial charge >= 0.3 is 6.03 Å². The lowest BCUT2D eigenvalue weighted by Crippen LogP contribution is -2.44. The van der Waals surface area contributed by atoms with E-state index in [2.05, 4.69) is 10.2 Å². The number of furan rings is 1. The van der Waals surface area contributed by atoms with Crippen molar-refractivity contribution in [1.82, 2.24) is 15.1 Å². The van der Waals surface area contributed by atoms with E-state index in [0.717, 1.165) is 50.3 Å². The molecule has 0 aliphatic carbocycles. The van der Waals surface area contributed by atoms with Crippen molar-refractivity contribution in [3.05, 3.63) is 66.1 Å². The van der Waals surface area contributed by atoms with Crippen molar-refractivity contribution in [3.8, 4) is 0 Å². The number of carbonyl (C=O) groups excluding carboxylic acids is 1.